The van der Waals surface area contributed by atoms with Crippen LogP contribution >= 0.6 is 0 Å². The third-order valence-corrected chi connectivity index (χ3v) is 3.59. The number of fused-ring (bicyclic) bond motifs is 1. The molecule has 0 saturated heterocycles. The van der Waals surface area contributed by atoms with E-state index in [9.17, 15) is 14.0 Å². The Morgan fingerprint density at radius 2 is 1.92 bits per heavy atom. The van der Waals surface area contributed by atoms with Crippen molar-refractivity contribution in [1.82, 2.24) is 10.9 Å². The molecule has 0 spiro atoms. The van der Waals surface area contributed by atoms with Crippen LogP contribution in [-0.2, 0) is 11.2 Å². The minimum atomic E-state index is -0.714. The average Bonchev–Trinajstić information content (AvgIpc) is 2.95. The number of aryl methyl sites for hydroxylation is 1. The van der Waals surface area contributed by atoms with Gasteiger partial charge in [-0.05, 0) is 31.2 Å². The van der Waals surface area contributed by atoms with E-state index in [-0.39, 0.29) is 12.0 Å². The highest BCUT2D eigenvalue weighted by Crippen LogP contribution is 2.22. The molecule has 6 heteroatoms. The van der Waals surface area contributed by atoms with Crippen LogP contribution in [-0.4, -0.2) is 11.8 Å². The molecule has 2 amide bonds. The van der Waals surface area contributed by atoms with Gasteiger partial charge in [0.2, 0.25) is 5.91 Å². The molecule has 5 nitrogen and oxygen atoms in total. The number of hydrazine groups is 1. The van der Waals surface area contributed by atoms with Gasteiger partial charge in [-0.25, -0.2) is 4.39 Å². The Morgan fingerprint density at radius 1 is 1.12 bits per heavy atom. The van der Waals surface area contributed by atoms with Crippen molar-refractivity contribution in [2.24, 2.45) is 0 Å². The average molecular weight is 326 g/mol. The molecule has 3 rings (SSSR count). The second kappa shape index (κ2) is 6.54. The Morgan fingerprint density at radius 3 is 2.71 bits per heavy atom. The Bertz CT molecular complexity index is 918. The van der Waals surface area contributed by atoms with Crippen LogP contribution in [0.2, 0.25) is 0 Å². The topological polar surface area (TPSA) is 71.3 Å². The number of hydrogen-bond donors (Lipinski definition) is 2. The zero-order valence-electron chi connectivity index (χ0n) is 12.9. The van der Waals surface area contributed by atoms with Crippen LogP contribution in [0.4, 0.5) is 4.39 Å². The number of carbonyl (C=O) groups is 2. The van der Waals surface area contributed by atoms with E-state index in [0.717, 1.165) is 10.9 Å². The SMILES string of the molecule is Cc1ccc2occ(CC(=O)NNC(=O)c3ccccc3F)c2c1. The lowest BCUT2D eigenvalue weighted by atomic mass is 10.1. The van der Waals surface area contributed by atoms with Crippen molar-refractivity contribution in [2.75, 3.05) is 0 Å². The summed E-state index contributed by atoms with van der Waals surface area (Å²) in [6.45, 7) is 1.95. The van der Waals surface area contributed by atoms with Crippen LogP contribution in [0, 0.1) is 12.7 Å². The number of benzene rings is 2. The number of halogens is 1. The first-order valence-electron chi connectivity index (χ1n) is 7.35. The molecule has 0 radical (unpaired) electrons. The van der Waals surface area contributed by atoms with Gasteiger partial charge in [-0.2, -0.15) is 0 Å². The highest BCUT2D eigenvalue weighted by atomic mass is 19.1. The molecule has 0 aliphatic heterocycles. The monoisotopic (exact) mass is 326 g/mol. The molecule has 2 N–H and O–H groups in total. The third kappa shape index (κ3) is 3.27. The van der Waals surface area contributed by atoms with Gasteiger partial charge in [-0.1, -0.05) is 23.8 Å². The molecule has 0 atom stereocenters. The summed E-state index contributed by atoms with van der Waals surface area (Å²) < 4.78 is 18.9. The van der Waals surface area contributed by atoms with Crippen LogP contribution in [0.25, 0.3) is 11.0 Å². The maximum Gasteiger partial charge on any atom is 0.272 e. The summed E-state index contributed by atoms with van der Waals surface area (Å²) in [5, 5.41) is 0.852. The van der Waals surface area contributed by atoms with Gasteiger partial charge >= 0.3 is 0 Å². The lowest BCUT2D eigenvalue weighted by Crippen LogP contribution is -2.42. The highest BCUT2D eigenvalue weighted by Gasteiger charge is 2.14. The van der Waals surface area contributed by atoms with Crippen LogP contribution in [0.5, 0.6) is 0 Å². The van der Waals surface area contributed by atoms with Crippen LogP contribution < -0.4 is 10.9 Å². The van der Waals surface area contributed by atoms with Crippen molar-refractivity contribution in [2.45, 2.75) is 13.3 Å². The second-order valence-electron chi connectivity index (χ2n) is 5.42. The van der Waals surface area contributed by atoms with E-state index in [1.54, 1.807) is 6.07 Å². The van der Waals surface area contributed by atoms with Crippen LogP contribution in [0.1, 0.15) is 21.5 Å². The molecule has 0 fully saturated rings. The lowest BCUT2D eigenvalue weighted by molar-refractivity contribution is -0.121. The first kappa shape index (κ1) is 15.7. The molecule has 0 aliphatic rings. The van der Waals surface area contributed by atoms with E-state index < -0.39 is 17.6 Å². The summed E-state index contributed by atoms with van der Waals surface area (Å²) in [7, 11) is 0. The maximum absolute atomic E-state index is 13.5. The number of nitrogens with one attached hydrogen (secondary N) is 2. The van der Waals surface area contributed by atoms with E-state index >= 15 is 0 Å². The number of amides is 2. The predicted molar refractivity (Wildman–Crippen MR) is 86.7 cm³/mol. The standard InChI is InChI=1S/C18H15FN2O3/c1-11-6-7-16-14(8-11)12(10-24-16)9-17(22)20-21-18(23)13-4-2-3-5-15(13)19/h2-8,10H,9H2,1H3,(H,20,22)(H,21,23). The maximum atomic E-state index is 13.5. The van der Waals surface area contributed by atoms with Gasteiger partial charge in [0, 0.05) is 10.9 Å². The summed E-state index contributed by atoms with van der Waals surface area (Å²) in [4.78, 5) is 23.8. The Balaban J connectivity index is 1.64. The van der Waals surface area contributed by atoms with Gasteiger partial charge in [0.05, 0.1) is 18.2 Å². The number of carbonyl (C=O) groups excluding carboxylic acids is 2. The van der Waals surface area contributed by atoms with E-state index in [1.165, 1.54) is 24.5 Å². The lowest BCUT2D eigenvalue weighted by Gasteiger charge is -2.07. The second-order valence-corrected chi connectivity index (χ2v) is 5.42. The summed E-state index contributed by atoms with van der Waals surface area (Å²) >= 11 is 0. The van der Waals surface area contributed by atoms with Gasteiger partial charge in [-0.3, -0.25) is 20.4 Å². The molecule has 0 bridgehead atoms. The normalized spacial score (nSPS) is 10.6. The molecule has 122 valence electrons. The number of furan rings is 1. The molecule has 1 aromatic heterocycles. The fraction of sp³-hybridized carbons (Fsp3) is 0.111. The molecule has 0 aliphatic carbocycles. The summed E-state index contributed by atoms with van der Waals surface area (Å²) in [5.41, 5.74) is 6.81. The van der Waals surface area contributed by atoms with Gasteiger partial charge < -0.3 is 4.42 Å². The molecule has 2 aromatic carbocycles. The third-order valence-electron chi connectivity index (χ3n) is 3.59. The number of hydrogen-bond acceptors (Lipinski definition) is 3. The molecule has 0 saturated carbocycles. The predicted octanol–water partition coefficient (Wildman–Crippen LogP) is 2.88. The van der Waals surface area contributed by atoms with E-state index in [1.807, 2.05) is 25.1 Å². The summed E-state index contributed by atoms with van der Waals surface area (Å²) in [6, 6.07) is 11.2. The number of rotatable bonds is 3. The van der Waals surface area contributed by atoms with Crippen molar-refractivity contribution in [1.29, 1.82) is 0 Å². The first-order chi connectivity index (χ1) is 11.5. The Kier molecular flexibility index (Phi) is 4.29. The zero-order chi connectivity index (χ0) is 17.1. The Labute approximate surface area is 137 Å². The van der Waals surface area contributed by atoms with Crippen molar-refractivity contribution in [3.05, 3.63) is 71.2 Å². The van der Waals surface area contributed by atoms with Gasteiger partial charge in [0.1, 0.15) is 11.4 Å². The summed E-state index contributed by atoms with van der Waals surface area (Å²) in [5.74, 6) is -1.79. The van der Waals surface area contributed by atoms with Crippen molar-refractivity contribution >= 4 is 22.8 Å². The molecule has 24 heavy (non-hydrogen) atoms. The fourth-order valence-corrected chi connectivity index (χ4v) is 2.39. The van der Waals surface area contributed by atoms with Gasteiger partial charge in [0.15, 0.2) is 0 Å². The largest absolute Gasteiger partial charge is 0.464 e. The van der Waals surface area contributed by atoms with E-state index in [2.05, 4.69) is 10.9 Å². The minimum Gasteiger partial charge on any atom is -0.464 e. The first-order valence-corrected chi connectivity index (χ1v) is 7.35. The van der Waals surface area contributed by atoms with E-state index in [0.29, 0.717) is 11.1 Å². The fourth-order valence-electron chi connectivity index (χ4n) is 2.39. The summed E-state index contributed by atoms with van der Waals surface area (Å²) in [6.07, 6.45) is 1.55. The van der Waals surface area contributed by atoms with Crippen molar-refractivity contribution in [3.8, 4) is 0 Å². The Hall–Kier alpha value is -3.15. The smallest absolute Gasteiger partial charge is 0.272 e. The molecular weight excluding hydrogens is 311 g/mol. The van der Waals surface area contributed by atoms with Gasteiger partial charge in [-0.15, -0.1) is 0 Å². The van der Waals surface area contributed by atoms with Crippen LogP contribution in [0.15, 0.2) is 53.1 Å². The molecular formula is C18H15FN2O3. The zero-order valence-corrected chi connectivity index (χ0v) is 12.9. The van der Waals surface area contributed by atoms with Crippen LogP contribution in [0.3, 0.4) is 0 Å². The minimum absolute atomic E-state index is 0.0357. The molecule has 3 aromatic rings. The highest BCUT2D eigenvalue weighted by molar-refractivity contribution is 5.96. The molecule has 1 heterocycles. The van der Waals surface area contributed by atoms with Crippen molar-refractivity contribution < 1.29 is 18.4 Å². The quantitative estimate of drug-likeness (QED) is 0.727. The van der Waals surface area contributed by atoms with Gasteiger partial charge in [0.25, 0.3) is 5.91 Å². The van der Waals surface area contributed by atoms with E-state index in [4.69, 9.17) is 4.42 Å². The molecule has 0 unspecified atom stereocenters. The van der Waals surface area contributed by atoms with Crippen molar-refractivity contribution in [3.63, 3.8) is 0 Å².